The number of ether oxygens (including phenoxy) is 3. The lowest BCUT2D eigenvalue weighted by atomic mass is 10.0. The van der Waals surface area contributed by atoms with Crippen molar-refractivity contribution in [3.05, 3.63) is 97.2 Å². The summed E-state index contributed by atoms with van der Waals surface area (Å²) in [5, 5.41) is 0. The van der Waals surface area contributed by atoms with E-state index in [9.17, 15) is 14.4 Å². The van der Waals surface area contributed by atoms with Crippen LogP contribution in [0.5, 0.6) is 0 Å². The fraction of sp³-hybridized carbons (Fsp3) is 0.716. The topological polar surface area (TPSA) is 78.9 Å². The summed E-state index contributed by atoms with van der Waals surface area (Å²) in [7, 11) is 0. The molecule has 6 nitrogen and oxygen atoms in total. The molecule has 0 saturated carbocycles. The standard InChI is InChI=1S/C67H114O6/c1-4-7-10-13-16-19-22-25-28-31-33-36-39-42-45-48-51-54-57-60-66(69)72-63-64(62-71-65(68)59-56-53-50-47-44-41-38-35-30-27-24-21-18-15-12-9-6-3)73-67(70)61-58-55-52-49-46-43-40-37-34-32-29-26-23-20-17-14-11-8-5-2/h7,10,16-17,19-20,25-26,28-29,33,36,42,45,51,54,64H,4-6,8-9,11-15,18,21-24,27,30-32,34-35,37-41,43-44,46-50,52-53,55-63H2,1-3H3/b10-7-,19-16-,20-17-,28-25-,29-26-,36-33-,45-42-,54-51-/t64-/m0/s1. The third kappa shape index (κ3) is 59.1. The fourth-order valence-electron chi connectivity index (χ4n) is 8.50. The van der Waals surface area contributed by atoms with Crippen molar-refractivity contribution in [3.8, 4) is 0 Å². The van der Waals surface area contributed by atoms with Gasteiger partial charge in [-0.2, -0.15) is 0 Å². The molecule has 0 rings (SSSR count). The van der Waals surface area contributed by atoms with Gasteiger partial charge in [-0.05, 0) is 89.9 Å². The molecule has 6 heteroatoms. The Hall–Kier alpha value is -3.67. The first kappa shape index (κ1) is 69.3. The van der Waals surface area contributed by atoms with Crippen LogP contribution in [0.2, 0.25) is 0 Å². The molecule has 0 aromatic heterocycles. The Labute approximate surface area is 451 Å². The van der Waals surface area contributed by atoms with Crippen molar-refractivity contribution in [3.63, 3.8) is 0 Å². The minimum absolute atomic E-state index is 0.100. The molecule has 0 bridgehead atoms. The summed E-state index contributed by atoms with van der Waals surface area (Å²) in [6.07, 6.45) is 81.3. The van der Waals surface area contributed by atoms with Gasteiger partial charge >= 0.3 is 17.9 Å². The van der Waals surface area contributed by atoms with Gasteiger partial charge in [-0.3, -0.25) is 14.4 Å². The lowest BCUT2D eigenvalue weighted by molar-refractivity contribution is -0.166. The maximum Gasteiger partial charge on any atom is 0.306 e. The highest BCUT2D eigenvalue weighted by atomic mass is 16.6. The van der Waals surface area contributed by atoms with Crippen LogP contribution in [0.15, 0.2) is 97.2 Å². The number of hydrogen-bond acceptors (Lipinski definition) is 6. The summed E-state index contributed by atoms with van der Waals surface area (Å²) in [6.45, 7) is 6.46. The van der Waals surface area contributed by atoms with Crippen LogP contribution in [-0.2, 0) is 28.6 Å². The van der Waals surface area contributed by atoms with E-state index in [4.69, 9.17) is 14.2 Å². The molecule has 0 spiro atoms. The molecule has 0 saturated heterocycles. The molecule has 0 N–H and O–H groups in total. The van der Waals surface area contributed by atoms with Gasteiger partial charge in [-0.1, -0.05) is 279 Å². The van der Waals surface area contributed by atoms with Crippen LogP contribution in [0.25, 0.3) is 0 Å². The first-order valence-electron chi connectivity index (χ1n) is 30.7. The second-order valence-corrected chi connectivity index (χ2v) is 20.2. The van der Waals surface area contributed by atoms with Gasteiger partial charge in [0.2, 0.25) is 0 Å². The molecule has 0 aliphatic carbocycles. The van der Waals surface area contributed by atoms with Gasteiger partial charge in [-0.25, -0.2) is 0 Å². The molecule has 0 unspecified atom stereocenters. The van der Waals surface area contributed by atoms with E-state index in [0.29, 0.717) is 19.3 Å². The van der Waals surface area contributed by atoms with E-state index < -0.39 is 6.10 Å². The molecule has 0 heterocycles. The molecule has 418 valence electrons. The van der Waals surface area contributed by atoms with Crippen molar-refractivity contribution >= 4 is 17.9 Å². The Balaban J connectivity index is 4.48. The highest BCUT2D eigenvalue weighted by Crippen LogP contribution is 2.16. The zero-order chi connectivity index (χ0) is 52.9. The highest BCUT2D eigenvalue weighted by molar-refractivity contribution is 5.71. The van der Waals surface area contributed by atoms with Crippen LogP contribution >= 0.6 is 0 Å². The number of esters is 3. The lowest BCUT2D eigenvalue weighted by Gasteiger charge is -2.18. The normalized spacial score (nSPS) is 12.8. The lowest BCUT2D eigenvalue weighted by Crippen LogP contribution is -2.30. The summed E-state index contributed by atoms with van der Waals surface area (Å²) in [5.41, 5.74) is 0. The Bertz CT molecular complexity index is 1440. The van der Waals surface area contributed by atoms with E-state index in [0.717, 1.165) is 83.5 Å². The number of unbranched alkanes of at least 4 members (excludes halogenated alkanes) is 28. The number of rotatable bonds is 55. The smallest absolute Gasteiger partial charge is 0.306 e. The van der Waals surface area contributed by atoms with Crippen LogP contribution < -0.4 is 0 Å². The molecular weight excluding hydrogens is 901 g/mol. The number of carbonyl (C=O) groups is 3. The zero-order valence-electron chi connectivity index (χ0n) is 47.9. The maximum absolute atomic E-state index is 12.9. The van der Waals surface area contributed by atoms with Gasteiger partial charge in [0.25, 0.3) is 0 Å². The van der Waals surface area contributed by atoms with Crippen molar-refractivity contribution in [2.75, 3.05) is 13.2 Å². The van der Waals surface area contributed by atoms with Gasteiger partial charge in [0.05, 0.1) is 0 Å². The minimum atomic E-state index is -0.811. The Morgan fingerprint density at radius 1 is 0.288 bits per heavy atom. The van der Waals surface area contributed by atoms with Crippen LogP contribution in [0.3, 0.4) is 0 Å². The first-order chi connectivity index (χ1) is 36.0. The average molecular weight is 1020 g/mol. The number of allylic oxidation sites excluding steroid dienone is 16. The molecule has 73 heavy (non-hydrogen) atoms. The van der Waals surface area contributed by atoms with Crippen molar-refractivity contribution in [2.24, 2.45) is 0 Å². The van der Waals surface area contributed by atoms with Gasteiger partial charge < -0.3 is 14.2 Å². The Morgan fingerprint density at radius 3 is 0.945 bits per heavy atom. The fourth-order valence-corrected chi connectivity index (χ4v) is 8.50. The molecule has 0 aromatic carbocycles. The largest absolute Gasteiger partial charge is 0.462 e. The van der Waals surface area contributed by atoms with Crippen LogP contribution in [0.4, 0.5) is 0 Å². The number of hydrogen-bond donors (Lipinski definition) is 0. The minimum Gasteiger partial charge on any atom is -0.462 e. The summed E-state index contributed by atoms with van der Waals surface area (Å²) in [4.78, 5) is 38.2. The Kier molecular flexibility index (Phi) is 57.8. The van der Waals surface area contributed by atoms with Crippen molar-refractivity contribution in [1.29, 1.82) is 0 Å². The molecule has 0 amide bonds. The van der Waals surface area contributed by atoms with E-state index in [2.05, 4.69) is 112 Å². The molecule has 0 aliphatic heterocycles. The molecule has 0 aliphatic rings. The summed E-state index contributed by atoms with van der Waals surface area (Å²) >= 11 is 0. The molecule has 0 radical (unpaired) electrons. The van der Waals surface area contributed by atoms with Crippen molar-refractivity contribution in [2.45, 2.75) is 297 Å². The first-order valence-corrected chi connectivity index (χ1v) is 30.7. The van der Waals surface area contributed by atoms with E-state index in [-0.39, 0.29) is 37.5 Å². The monoisotopic (exact) mass is 1010 g/mol. The maximum atomic E-state index is 12.9. The molecule has 0 aromatic rings. The second-order valence-electron chi connectivity index (χ2n) is 20.2. The third-order valence-corrected chi connectivity index (χ3v) is 13.1. The van der Waals surface area contributed by atoms with Gasteiger partial charge in [-0.15, -0.1) is 0 Å². The van der Waals surface area contributed by atoms with Crippen LogP contribution in [0, 0.1) is 0 Å². The Morgan fingerprint density at radius 2 is 0.562 bits per heavy atom. The van der Waals surface area contributed by atoms with Crippen molar-refractivity contribution < 1.29 is 28.6 Å². The second kappa shape index (κ2) is 60.9. The van der Waals surface area contributed by atoms with Crippen LogP contribution in [0.1, 0.15) is 290 Å². The quantitative estimate of drug-likeness (QED) is 0.0261. The summed E-state index contributed by atoms with van der Waals surface area (Å²) < 4.78 is 16.8. The average Bonchev–Trinajstić information content (AvgIpc) is 3.39. The van der Waals surface area contributed by atoms with Gasteiger partial charge in [0, 0.05) is 19.3 Å². The number of carbonyl (C=O) groups excluding carboxylic acids is 3. The SMILES string of the molecule is CC/C=C\C/C=C\C/C=C\C/C=C\C/C=C\C/C=C\CCC(=O)OC[C@H](COC(=O)CCCCCCCCCCCCCCCCCCC)OC(=O)CCCCCCCCCCC/C=C\C/C=C\CCCCC. The summed E-state index contributed by atoms with van der Waals surface area (Å²) in [6, 6.07) is 0. The molecule has 0 fully saturated rings. The van der Waals surface area contributed by atoms with Crippen LogP contribution in [-0.4, -0.2) is 37.2 Å². The van der Waals surface area contributed by atoms with E-state index in [1.807, 2.05) is 6.08 Å². The predicted molar refractivity (Wildman–Crippen MR) is 316 cm³/mol. The van der Waals surface area contributed by atoms with Crippen molar-refractivity contribution in [1.82, 2.24) is 0 Å². The van der Waals surface area contributed by atoms with Gasteiger partial charge in [0.1, 0.15) is 13.2 Å². The molecule has 1 atom stereocenters. The summed E-state index contributed by atoms with van der Waals surface area (Å²) in [5.74, 6) is -0.983. The molecular formula is C67H114O6. The zero-order valence-corrected chi connectivity index (χ0v) is 47.9. The van der Waals surface area contributed by atoms with E-state index >= 15 is 0 Å². The van der Waals surface area contributed by atoms with E-state index in [1.165, 1.54) is 161 Å². The third-order valence-electron chi connectivity index (χ3n) is 13.1. The predicted octanol–water partition coefficient (Wildman–Crippen LogP) is 20.9. The van der Waals surface area contributed by atoms with E-state index in [1.54, 1.807) is 0 Å². The highest BCUT2D eigenvalue weighted by Gasteiger charge is 2.19. The van der Waals surface area contributed by atoms with Gasteiger partial charge in [0.15, 0.2) is 6.10 Å².